The van der Waals surface area contributed by atoms with E-state index in [1.165, 1.54) is 24.3 Å². The van der Waals surface area contributed by atoms with E-state index in [4.69, 9.17) is 15.2 Å². The molecule has 2 atom stereocenters. The lowest BCUT2D eigenvalue weighted by Gasteiger charge is -2.11. The molecule has 2 aromatic carbocycles. The maximum atomic E-state index is 11.4. The molecule has 10 nitrogen and oxygen atoms in total. The number of aromatic hydroxyl groups is 2. The minimum atomic E-state index is -0.686. The predicted octanol–water partition coefficient (Wildman–Crippen LogP) is 4.88. The molecule has 0 aliphatic heterocycles. The first-order valence-electron chi connectivity index (χ1n) is 9.92. The SMILES string of the molecule is C.C.CCOC(=O)C(C)c1ccc(N)c(O)c1.CCOC(=O)C(C)c1ccc([N+](=O)[O-])c(O)c1. The molecule has 0 spiro atoms. The number of nitrogens with zero attached hydrogens (tertiary/aromatic N) is 1. The van der Waals surface area contributed by atoms with Gasteiger partial charge in [0.2, 0.25) is 0 Å². The second kappa shape index (κ2) is 15.1. The molecule has 0 bridgehead atoms. The van der Waals surface area contributed by atoms with Crippen molar-refractivity contribution in [3.8, 4) is 11.5 Å². The van der Waals surface area contributed by atoms with Gasteiger partial charge >= 0.3 is 17.6 Å². The van der Waals surface area contributed by atoms with Crippen LogP contribution in [0.5, 0.6) is 11.5 Å². The van der Waals surface area contributed by atoms with Crippen molar-refractivity contribution in [2.75, 3.05) is 18.9 Å². The molecule has 190 valence electrons. The van der Waals surface area contributed by atoms with Crippen molar-refractivity contribution in [3.63, 3.8) is 0 Å². The van der Waals surface area contributed by atoms with Gasteiger partial charge in [-0.3, -0.25) is 19.7 Å². The van der Waals surface area contributed by atoms with Gasteiger partial charge in [0, 0.05) is 6.07 Å². The zero-order chi connectivity index (χ0) is 24.4. The predicted molar refractivity (Wildman–Crippen MR) is 131 cm³/mol. The molecule has 0 aliphatic carbocycles. The molecule has 2 rings (SSSR count). The topological polar surface area (TPSA) is 162 Å². The molecule has 0 radical (unpaired) electrons. The van der Waals surface area contributed by atoms with Crippen LogP contribution in [0.3, 0.4) is 0 Å². The highest BCUT2D eigenvalue weighted by molar-refractivity contribution is 5.78. The standard InChI is InChI=1S/C11H13NO5.C11H15NO3.2CH4/c1-3-17-11(14)7(2)8-4-5-9(12(15)16)10(13)6-8;1-3-15-11(14)7(2)8-4-5-9(12)10(13)6-8;;/h4-7,13H,3H2,1-2H3;4-7,13H,3,12H2,1-2H3;2*1H4. The Morgan fingerprint density at radius 3 is 1.68 bits per heavy atom. The third kappa shape index (κ3) is 8.97. The van der Waals surface area contributed by atoms with Crippen LogP contribution in [0, 0.1) is 10.1 Å². The number of rotatable bonds is 7. The molecule has 0 fully saturated rings. The molecule has 34 heavy (non-hydrogen) atoms. The van der Waals surface area contributed by atoms with Crippen molar-refractivity contribution >= 4 is 23.3 Å². The summed E-state index contributed by atoms with van der Waals surface area (Å²) < 4.78 is 9.70. The average Bonchev–Trinajstić information content (AvgIpc) is 2.75. The number of nitrogen functional groups attached to an aromatic ring is 1. The molecule has 10 heteroatoms. The maximum absolute atomic E-state index is 11.4. The van der Waals surface area contributed by atoms with Gasteiger partial charge in [-0.2, -0.15) is 0 Å². The molecular formula is C24H36N2O8. The zero-order valence-corrected chi connectivity index (χ0v) is 18.4. The van der Waals surface area contributed by atoms with Crippen molar-refractivity contribution in [2.45, 2.75) is 54.4 Å². The lowest BCUT2D eigenvalue weighted by atomic mass is 10.0. The smallest absolute Gasteiger partial charge is 0.313 e. The second-order valence-electron chi connectivity index (χ2n) is 6.77. The summed E-state index contributed by atoms with van der Waals surface area (Å²) >= 11 is 0. The van der Waals surface area contributed by atoms with E-state index < -0.39 is 28.5 Å². The summed E-state index contributed by atoms with van der Waals surface area (Å²) in [4.78, 5) is 32.6. The Bertz CT molecular complexity index is 962. The molecule has 0 heterocycles. The van der Waals surface area contributed by atoms with Crippen molar-refractivity contribution < 1.29 is 34.2 Å². The van der Waals surface area contributed by atoms with E-state index in [0.717, 1.165) is 0 Å². The Morgan fingerprint density at radius 1 is 0.912 bits per heavy atom. The first-order chi connectivity index (χ1) is 15.0. The van der Waals surface area contributed by atoms with Crippen LogP contribution >= 0.6 is 0 Å². The van der Waals surface area contributed by atoms with Crippen LogP contribution in [0.4, 0.5) is 11.4 Å². The summed E-state index contributed by atoms with van der Waals surface area (Å²) in [5.41, 5.74) is 6.55. The fraction of sp³-hybridized carbons (Fsp3) is 0.417. The Balaban J connectivity index is 0. The van der Waals surface area contributed by atoms with Gasteiger partial charge in [-0.05, 0) is 57.0 Å². The fourth-order valence-electron chi connectivity index (χ4n) is 2.60. The number of phenolic OH excluding ortho intramolecular Hbond substituents is 2. The van der Waals surface area contributed by atoms with Crippen LogP contribution < -0.4 is 5.73 Å². The van der Waals surface area contributed by atoms with E-state index in [2.05, 4.69) is 0 Å². The molecule has 0 amide bonds. The van der Waals surface area contributed by atoms with Gasteiger partial charge in [-0.15, -0.1) is 0 Å². The number of anilines is 1. The molecular weight excluding hydrogens is 444 g/mol. The van der Waals surface area contributed by atoms with Crippen LogP contribution in [0.2, 0.25) is 0 Å². The van der Waals surface area contributed by atoms with Gasteiger partial charge in [-0.25, -0.2) is 0 Å². The van der Waals surface area contributed by atoms with Crippen LogP contribution in [-0.2, 0) is 19.1 Å². The number of carbonyl (C=O) groups is 2. The maximum Gasteiger partial charge on any atom is 0.313 e. The zero-order valence-electron chi connectivity index (χ0n) is 18.4. The number of ether oxygens (including phenoxy) is 2. The number of hydrogen-bond acceptors (Lipinski definition) is 9. The average molecular weight is 481 g/mol. The van der Waals surface area contributed by atoms with Crippen molar-refractivity contribution in [2.24, 2.45) is 0 Å². The van der Waals surface area contributed by atoms with Crippen LogP contribution in [0.25, 0.3) is 0 Å². The van der Waals surface area contributed by atoms with E-state index in [-0.39, 0.29) is 38.9 Å². The molecule has 2 aromatic rings. The Kier molecular flexibility index (Phi) is 14.4. The number of carbonyl (C=O) groups excluding carboxylic acids is 2. The lowest BCUT2D eigenvalue weighted by molar-refractivity contribution is -0.385. The Morgan fingerprint density at radius 2 is 1.32 bits per heavy atom. The van der Waals surface area contributed by atoms with Crippen molar-refractivity contribution in [1.29, 1.82) is 0 Å². The normalized spacial score (nSPS) is 11.3. The highest BCUT2D eigenvalue weighted by atomic mass is 16.6. The largest absolute Gasteiger partial charge is 0.506 e. The first-order valence-corrected chi connectivity index (χ1v) is 9.92. The van der Waals surface area contributed by atoms with Crippen molar-refractivity contribution in [3.05, 3.63) is 57.6 Å². The third-order valence-electron chi connectivity index (χ3n) is 4.53. The molecule has 4 N–H and O–H groups in total. The molecule has 0 saturated carbocycles. The van der Waals surface area contributed by atoms with Gasteiger partial charge in [0.1, 0.15) is 5.75 Å². The fourth-order valence-corrected chi connectivity index (χ4v) is 2.60. The van der Waals surface area contributed by atoms with Crippen molar-refractivity contribution in [1.82, 2.24) is 0 Å². The van der Waals surface area contributed by atoms with Gasteiger partial charge in [0.15, 0.2) is 5.75 Å². The van der Waals surface area contributed by atoms with Gasteiger partial charge < -0.3 is 25.4 Å². The monoisotopic (exact) mass is 480 g/mol. The molecule has 0 aliphatic rings. The summed E-state index contributed by atoms with van der Waals surface area (Å²) in [5, 5.41) is 29.3. The Labute approximate surface area is 200 Å². The third-order valence-corrected chi connectivity index (χ3v) is 4.53. The summed E-state index contributed by atoms with van der Waals surface area (Å²) in [7, 11) is 0. The lowest BCUT2D eigenvalue weighted by Crippen LogP contribution is -2.12. The minimum Gasteiger partial charge on any atom is -0.506 e. The molecule has 2 unspecified atom stereocenters. The summed E-state index contributed by atoms with van der Waals surface area (Å²) in [6, 6.07) is 8.56. The van der Waals surface area contributed by atoms with Crippen LogP contribution in [0.15, 0.2) is 36.4 Å². The number of benzene rings is 2. The van der Waals surface area contributed by atoms with Crippen LogP contribution in [-0.4, -0.2) is 40.3 Å². The minimum absolute atomic E-state index is 0. The van der Waals surface area contributed by atoms with Crippen LogP contribution in [0.1, 0.15) is 65.5 Å². The number of nitro groups is 1. The summed E-state index contributed by atoms with van der Waals surface area (Å²) in [6.45, 7) is 7.40. The van der Waals surface area contributed by atoms with Gasteiger partial charge in [0.25, 0.3) is 0 Å². The van der Waals surface area contributed by atoms with E-state index in [1.807, 2.05) is 0 Å². The number of esters is 2. The second-order valence-corrected chi connectivity index (χ2v) is 6.77. The molecule has 0 aromatic heterocycles. The van der Waals surface area contributed by atoms with E-state index >= 15 is 0 Å². The number of nitrogens with two attached hydrogens (primary N) is 1. The summed E-state index contributed by atoms with van der Waals surface area (Å²) in [5.74, 6) is -2.16. The highest BCUT2D eigenvalue weighted by Gasteiger charge is 2.20. The van der Waals surface area contributed by atoms with Gasteiger partial charge in [-0.1, -0.05) is 27.0 Å². The van der Waals surface area contributed by atoms with E-state index in [9.17, 15) is 29.9 Å². The van der Waals surface area contributed by atoms with E-state index in [1.54, 1.807) is 39.8 Å². The number of nitro benzene ring substituents is 1. The number of phenols is 2. The number of hydrogen-bond donors (Lipinski definition) is 3. The van der Waals surface area contributed by atoms with E-state index in [0.29, 0.717) is 23.4 Å². The van der Waals surface area contributed by atoms with Gasteiger partial charge in [0.05, 0.1) is 35.7 Å². The quantitative estimate of drug-likeness (QED) is 0.165. The first kappa shape index (κ1) is 32.4. The summed E-state index contributed by atoms with van der Waals surface area (Å²) in [6.07, 6.45) is 0. The molecule has 0 saturated heterocycles. The Hall–Kier alpha value is -3.82. The highest BCUT2D eigenvalue weighted by Crippen LogP contribution is 2.30.